The van der Waals surface area contributed by atoms with Crippen LogP contribution in [0, 0.1) is 0 Å². The summed E-state index contributed by atoms with van der Waals surface area (Å²) < 4.78 is 152. The molecule has 0 spiro atoms. The highest BCUT2D eigenvalue weighted by Crippen LogP contribution is 2.42. The molecule has 0 saturated heterocycles. The highest BCUT2D eigenvalue weighted by atomic mass is 15.3. The molecule has 9 aromatic carbocycles. The molecule has 0 N–H and O–H groups in total. The molecule has 7 heteroatoms. The van der Waals surface area contributed by atoms with Gasteiger partial charge in [0, 0.05) is 43.1 Å². The van der Waals surface area contributed by atoms with E-state index in [2.05, 4.69) is 0 Å². The van der Waals surface area contributed by atoms with Crippen molar-refractivity contribution in [1.82, 2.24) is 33.2 Å². The van der Waals surface area contributed by atoms with Crippen molar-refractivity contribution in [1.29, 1.82) is 0 Å². The molecule has 0 unspecified atom stereocenters. The highest BCUT2D eigenvalue weighted by Gasteiger charge is 2.26. The summed E-state index contributed by atoms with van der Waals surface area (Å²) in [5.74, 6) is -1.18. The van der Waals surface area contributed by atoms with Gasteiger partial charge in [0.2, 0.25) is 11.9 Å². The van der Waals surface area contributed by atoms with Gasteiger partial charge in [0.15, 0.2) is 5.82 Å². The van der Waals surface area contributed by atoms with Crippen molar-refractivity contribution in [2.45, 2.75) is 0 Å². The Morgan fingerprint density at radius 3 is 0.938 bits per heavy atom. The minimum absolute atomic E-state index is 0.187. The van der Waals surface area contributed by atoms with Crippen LogP contribution in [0.5, 0.6) is 0 Å². The molecule has 14 rings (SSSR count). The van der Waals surface area contributed by atoms with Gasteiger partial charge in [0.05, 0.1) is 83.0 Å². The topological polar surface area (TPSA) is 58.4 Å². The first-order valence-electron chi connectivity index (χ1n) is 28.3. The Morgan fingerprint density at radius 2 is 0.594 bits per heavy atom. The minimum atomic E-state index is -0.712. The third kappa shape index (κ3) is 4.83. The van der Waals surface area contributed by atoms with E-state index in [1.54, 1.807) is 0 Å². The van der Waals surface area contributed by atoms with E-state index in [0.29, 0.717) is 16.9 Å². The van der Waals surface area contributed by atoms with Crippen LogP contribution in [-0.4, -0.2) is 33.2 Å². The second-order valence-electron chi connectivity index (χ2n) is 15.2. The SMILES string of the molecule is [2H]c1c([2H])c([2H])c2c(c1[2H])c1c([2H])c([2H])c([2H])c([2H])c1n2-c1nc(-c2c(-n3c4ccccc4c4ccccc43)cccc2-n2c3ccccc3c3ccccc32)nc(-n2c3c([2H])c([2H])c([2H])c([2H])c3c3c([2H])c([2H])c([2H])c([2H])c32)n1. The summed E-state index contributed by atoms with van der Waals surface area (Å²) in [6.45, 7) is 0. The van der Waals surface area contributed by atoms with E-state index in [9.17, 15) is 11.0 Å². The summed E-state index contributed by atoms with van der Waals surface area (Å²) in [7, 11) is 0. The molecule has 0 aliphatic heterocycles. The predicted molar refractivity (Wildman–Crippen MR) is 263 cm³/mol. The normalized spacial score (nSPS) is 15.6. The van der Waals surface area contributed by atoms with Gasteiger partial charge in [-0.05, 0) is 60.6 Å². The smallest absolute Gasteiger partial charge is 0.240 e. The van der Waals surface area contributed by atoms with Gasteiger partial charge < -0.3 is 9.13 Å². The van der Waals surface area contributed by atoms with Crippen LogP contribution in [0.1, 0.15) is 21.9 Å². The second kappa shape index (κ2) is 13.3. The fraction of sp³-hybridized carbons (Fsp3) is 0. The Kier molecular flexibility index (Phi) is 4.77. The van der Waals surface area contributed by atoms with Crippen molar-refractivity contribution in [3.8, 4) is 34.7 Å². The fourth-order valence-corrected chi connectivity index (χ4v) is 9.40. The van der Waals surface area contributed by atoms with E-state index in [1.807, 2.05) is 124 Å². The molecule has 0 atom stereocenters. The molecule has 5 heterocycles. The van der Waals surface area contributed by atoms with Crippen molar-refractivity contribution in [2.75, 3.05) is 0 Å². The zero-order valence-electron chi connectivity index (χ0n) is 49.1. The Labute approximate surface area is 388 Å². The Hall–Kier alpha value is -8.81. The van der Waals surface area contributed by atoms with Gasteiger partial charge in [0.1, 0.15) is 0 Å². The minimum Gasteiger partial charge on any atom is -0.308 e. The summed E-state index contributed by atoms with van der Waals surface area (Å²) in [5, 5.41) is 2.48. The lowest BCUT2D eigenvalue weighted by Crippen LogP contribution is -2.12. The quantitative estimate of drug-likeness (QED) is 0.174. The molecule has 0 saturated carbocycles. The first kappa shape index (κ1) is 22.9. The van der Waals surface area contributed by atoms with Gasteiger partial charge in [-0.25, -0.2) is 0 Å². The van der Waals surface area contributed by atoms with Gasteiger partial charge in [-0.1, -0.05) is 151 Å². The first-order chi connectivity index (χ1) is 38.4. The average Bonchev–Trinajstić information content (AvgIpc) is 4.37. The van der Waals surface area contributed by atoms with Gasteiger partial charge in [0.25, 0.3) is 0 Å². The van der Waals surface area contributed by atoms with Crippen LogP contribution in [0.25, 0.3) is 122 Å². The van der Waals surface area contributed by atoms with Gasteiger partial charge in [-0.3, -0.25) is 9.13 Å². The number of rotatable bonds is 5. The Bertz CT molecular complexity index is 4600. The van der Waals surface area contributed by atoms with E-state index < -0.39 is 109 Å². The average molecular weight is 834 g/mol. The lowest BCUT2D eigenvalue weighted by molar-refractivity contribution is 0.890. The molecule has 298 valence electrons. The third-order valence-electron chi connectivity index (χ3n) is 12.0. The molecule has 7 nitrogen and oxygen atoms in total. The summed E-state index contributed by atoms with van der Waals surface area (Å²) in [6, 6.07) is 26.2. The zero-order chi connectivity index (χ0) is 55.8. The molecular formula is C57H35N7. The molecule has 0 fully saturated rings. The van der Waals surface area contributed by atoms with Crippen LogP contribution in [0.4, 0.5) is 0 Å². The molecule has 0 bridgehead atoms. The van der Waals surface area contributed by atoms with Crippen LogP contribution in [0.2, 0.25) is 0 Å². The Balaban J connectivity index is 1.26. The summed E-state index contributed by atoms with van der Waals surface area (Å²) in [6.07, 6.45) is 0. The summed E-state index contributed by atoms with van der Waals surface area (Å²) in [5.41, 5.74) is 2.99. The van der Waals surface area contributed by atoms with Gasteiger partial charge in [-0.2, -0.15) is 15.0 Å². The number of hydrogen-bond acceptors (Lipinski definition) is 3. The number of hydrogen-bond donors (Lipinski definition) is 0. The largest absolute Gasteiger partial charge is 0.308 e. The monoisotopic (exact) mass is 833 g/mol. The maximum Gasteiger partial charge on any atom is 0.240 e. The number of para-hydroxylation sites is 8. The molecule has 5 aromatic heterocycles. The number of fused-ring (bicyclic) bond motifs is 12. The molecular weight excluding hydrogens is 783 g/mol. The van der Waals surface area contributed by atoms with Crippen LogP contribution < -0.4 is 0 Å². The molecule has 14 aromatic rings. The van der Waals surface area contributed by atoms with Crippen LogP contribution in [0.15, 0.2) is 212 Å². The van der Waals surface area contributed by atoms with E-state index in [-0.39, 0.29) is 49.4 Å². The Morgan fingerprint density at radius 1 is 0.281 bits per heavy atom. The number of benzene rings is 9. The van der Waals surface area contributed by atoms with Crippen molar-refractivity contribution < 1.29 is 21.9 Å². The number of nitrogens with zero attached hydrogens (tertiary/aromatic N) is 7. The van der Waals surface area contributed by atoms with Gasteiger partial charge >= 0.3 is 0 Å². The maximum atomic E-state index is 9.50. The number of aromatic nitrogens is 7. The first-order valence-corrected chi connectivity index (χ1v) is 20.3. The van der Waals surface area contributed by atoms with Crippen molar-refractivity contribution >= 4 is 87.2 Å². The van der Waals surface area contributed by atoms with Crippen molar-refractivity contribution in [3.05, 3.63) is 212 Å². The van der Waals surface area contributed by atoms with Gasteiger partial charge in [-0.15, -0.1) is 0 Å². The van der Waals surface area contributed by atoms with Crippen LogP contribution >= 0.6 is 0 Å². The lowest BCUT2D eigenvalue weighted by Gasteiger charge is -2.20. The van der Waals surface area contributed by atoms with E-state index >= 15 is 0 Å². The second-order valence-corrected chi connectivity index (χ2v) is 15.2. The third-order valence-corrected chi connectivity index (χ3v) is 12.0. The highest BCUT2D eigenvalue weighted by molar-refractivity contribution is 6.13. The van der Waals surface area contributed by atoms with Crippen molar-refractivity contribution in [2.24, 2.45) is 0 Å². The van der Waals surface area contributed by atoms with Crippen LogP contribution in [0.3, 0.4) is 0 Å². The van der Waals surface area contributed by atoms with E-state index in [4.69, 9.17) is 25.9 Å². The standard InChI is InChI=1S/C57H35N7/c1-9-26-44-36(18-1)37-19-2-10-27-45(37)61(44)52-34-17-35-53(62-46-28-11-3-20-38(46)39-21-4-12-29-47(39)62)54(52)55-58-56(63-48-30-13-5-22-40(48)41-23-6-14-31-49(41)63)60-57(59-55)64-50-32-15-7-24-42(50)43-25-8-16-33-51(43)64/h1-35H/i5D,6D,7D,8D,13D,14D,15D,16D,22D,23D,24D,25D,30D,31D,32D,33D. The molecule has 0 amide bonds. The molecule has 0 aliphatic carbocycles. The van der Waals surface area contributed by atoms with Crippen LogP contribution in [-0.2, 0) is 0 Å². The van der Waals surface area contributed by atoms with E-state index in [1.165, 1.54) is 0 Å². The summed E-state index contributed by atoms with van der Waals surface area (Å²) in [4.78, 5) is 15.5. The zero-order valence-corrected chi connectivity index (χ0v) is 33.1. The molecule has 0 aliphatic rings. The molecule has 64 heavy (non-hydrogen) atoms. The summed E-state index contributed by atoms with van der Waals surface area (Å²) >= 11 is 0. The predicted octanol–water partition coefficient (Wildman–Crippen LogP) is 13.9. The maximum absolute atomic E-state index is 9.50. The van der Waals surface area contributed by atoms with Crippen molar-refractivity contribution in [3.63, 3.8) is 0 Å². The molecule has 0 radical (unpaired) electrons. The lowest BCUT2D eigenvalue weighted by atomic mass is 10.1. The van der Waals surface area contributed by atoms with E-state index in [0.717, 1.165) is 52.7 Å². The fourth-order valence-electron chi connectivity index (χ4n) is 9.40.